The molecule has 1 atom stereocenters. The summed E-state index contributed by atoms with van der Waals surface area (Å²) in [6, 6.07) is 24.5. The van der Waals surface area contributed by atoms with Crippen LogP contribution in [0.1, 0.15) is 27.9 Å². The maximum Gasteiger partial charge on any atom is 0.269 e. The third kappa shape index (κ3) is 5.29. The summed E-state index contributed by atoms with van der Waals surface area (Å²) >= 11 is 5.57. The van der Waals surface area contributed by atoms with Crippen LogP contribution in [0.15, 0.2) is 84.9 Å². The van der Waals surface area contributed by atoms with Gasteiger partial charge in [-0.05, 0) is 54.5 Å². The van der Waals surface area contributed by atoms with E-state index >= 15 is 0 Å². The first-order valence-electron chi connectivity index (χ1n) is 10.8. The Hall–Kier alpha value is -4.04. The summed E-state index contributed by atoms with van der Waals surface area (Å²) in [5, 5.41) is 4.29. The van der Waals surface area contributed by atoms with Crippen molar-refractivity contribution in [3.63, 3.8) is 0 Å². The number of carbonyl (C=O) groups excluding carboxylic acids is 3. The molecule has 0 radical (unpaired) electrons. The van der Waals surface area contributed by atoms with Gasteiger partial charge in [-0.25, -0.2) is 5.01 Å². The Bertz CT molecular complexity index is 1220. The first-order valence-corrected chi connectivity index (χ1v) is 11.2. The van der Waals surface area contributed by atoms with Gasteiger partial charge in [-0.3, -0.25) is 24.7 Å². The molecule has 3 aromatic rings. The first-order chi connectivity index (χ1) is 16.4. The number of anilines is 1. The number of carbonyl (C=O) groups is 3. The fourth-order valence-electron chi connectivity index (χ4n) is 3.74. The van der Waals surface area contributed by atoms with Crippen molar-refractivity contribution in [3.8, 4) is 0 Å². The van der Waals surface area contributed by atoms with Gasteiger partial charge in [0.15, 0.2) is 5.11 Å². The molecule has 1 aliphatic heterocycles. The van der Waals surface area contributed by atoms with Gasteiger partial charge < -0.3 is 5.32 Å². The minimum absolute atomic E-state index is 0.145. The second-order valence-corrected chi connectivity index (χ2v) is 8.37. The highest BCUT2D eigenvalue weighted by Crippen LogP contribution is 2.22. The summed E-state index contributed by atoms with van der Waals surface area (Å²) in [5.41, 5.74) is 5.68. The molecule has 4 rings (SSSR count). The summed E-state index contributed by atoms with van der Waals surface area (Å²) in [6.45, 7) is 2.17. The lowest BCUT2D eigenvalue weighted by atomic mass is 10.1. The molecular formula is C26H24N4O3S. The summed E-state index contributed by atoms with van der Waals surface area (Å²) in [4.78, 5) is 40.4. The number of amides is 3. The number of rotatable bonds is 7. The molecule has 1 heterocycles. The van der Waals surface area contributed by atoms with Crippen molar-refractivity contribution in [1.29, 1.82) is 0 Å². The Balaban J connectivity index is 1.55. The van der Waals surface area contributed by atoms with E-state index in [0.717, 1.165) is 11.1 Å². The summed E-state index contributed by atoms with van der Waals surface area (Å²) in [7, 11) is 0. The van der Waals surface area contributed by atoms with Gasteiger partial charge >= 0.3 is 0 Å². The summed E-state index contributed by atoms with van der Waals surface area (Å²) < 4.78 is 0. The highest BCUT2D eigenvalue weighted by Gasteiger charge is 2.44. The minimum Gasteiger partial charge on any atom is -0.326 e. The molecule has 1 unspecified atom stereocenters. The van der Waals surface area contributed by atoms with Gasteiger partial charge in [-0.2, -0.15) is 0 Å². The number of aryl methyl sites for hydroxylation is 1. The number of nitrogens with one attached hydrogen (secondary N) is 2. The molecule has 2 N–H and O–H groups in total. The first kappa shape index (κ1) is 23.1. The molecule has 172 valence electrons. The van der Waals surface area contributed by atoms with Crippen LogP contribution in [0, 0.1) is 6.92 Å². The van der Waals surface area contributed by atoms with E-state index < -0.39 is 11.9 Å². The van der Waals surface area contributed by atoms with Crippen LogP contribution in [0.4, 0.5) is 5.69 Å². The second-order valence-electron chi connectivity index (χ2n) is 8.01. The SMILES string of the molecule is Cc1cccc(NC(=O)CC2C(=O)N(Cc3ccccc3)C(=S)N2NC(=O)c2ccccc2)c1. The standard InChI is InChI=1S/C26H24N4O3S/c1-18-9-8-14-21(15-18)27-23(31)16-22-25(33)29(17-19-10-4-2-5-11-19)26(34)30(22)28-24(32)20-12-6-3-7-13-20/h2-15,22H,16-17H2,1H3,(H,27,31)(H,28,32). The lowest BCUT2D eigenvalue weighted by Gasteiger charge is -2.24. The number of thiocarbonyl (C=S) groups is 1. The molecule has 34 heavy (non-hydrogen) atoms. The molecule has 1 aliphatic rings. The van der Waals surface area contributed by atoms with Gasteiger partial charge in [0.1, 0.15) is 6.04 Å². The summed E-state index contributed by atoms with van der Waals surface area (Å²) in [5.74, 6) is -1.12. The molecule has 3 amide bonds. The van der Waals surface area contributed by atoms with E-state index in [0.29, 0.717) is 11.3 Å². The van der Waals surface area contributed by atoms with Gasteiger partial charge in [-0.1, -0.05) is 60.7 Å². The zero-order valence-electron chi connectivity index (χ0n) is 18.6. The van der Waals surface area contributed by atoms with Crippen molar-refractivity contribution in [2.75, 3.05) is 5.32 Å². The van der Waals surface area contributed by atoms with Gasteiger partial charge in [-0.15, -0.1) is 0 Å². The molecule has 7 nitrogen and oxygen atoms in total. The largest absolute Gasteiger partial charge is 0.326 e. The van der Waals surface area contributed by atoms with E-state index in [9.17, 15) is 14.4 Å². The minimum atomic E-state index is -0.964. The zero-order chi connectivity index (χ0) is 24.1. The van der Waals surface area contributed by atoms with Crippen molar-refractivity contribution in [1.82, 2.24) is 15.3 Å². The van der Waals surface area contributed by atoms with E-state index in [1.807, 2.05) is 55.5 Å². The van der Waals surface area contributed by atoms with Crippen molar-refractivity contribution in [2.45, 2.75) is 25.9 Å². The number of nitrogens with zero attached hydrogens (tertiary/aromatic N) is 2. The van der Waals surface area contributed by atoms with Crippen LogP contribution in [0.3, 0.4) is 0 Å². The monoisotopic (exact) mass is 472 g/mol. The van der Waals surface area contributed by atoms with E-state index in [4.69, 9.17) is 12.2 Å². The van der Waals surface area contributed by atoms with Crippen LogP contribution in [-0.2, 0) is 16.1 Å². The predicted molar refractivity (Wildman–Crippen MR) is 134 cm³/mol. The van der Waals surface area contributed by atoms with Gasteiger partial charge in [0.25, 0.3) is 11.8 Å². The van der Waals surface area contributed by atoms with Crippen molar-refractivity contribution in [3.05, 3.63) is 102 Å². The summed E-state index contributed by atoms with van der Waals surface area (Å²) in [6.07, 6.45) is -0.173. The van der Waals surface area contributed by atoms with Crippen LogP contribution in [-0.4, -0.2) is 38.8 Å². The molecule has 0 saturated carbocycles. The van der Waals surface area contributed by atoms with Crippen LogP contribution in [0.5, 0.6) is 0 Å². The normalized spacial score (nSPS) is 15.4. The highest BCUT2D eigenvalue weighted by atomic mass is 32.1. The Morgan fingerprint density at radius 3 is 2.29 bits per heavy atom. The van der Waals surface area contributed by atoms with E-state index in [1.54, 1.807) is 36.4 Å². The van der Waals surface area contributed by atoms with Crippen LogP contribution >= 0.6 is 12.2 Å². The van der Waals surface area contributed by atoms with Gasteiger partial charge in [0, 0.05) is 11.3 Å². The van der Waals surface area contributed by atoms with Crippen LogP contribution < -0.4 is 10.7 Å². The molecule has 0 aliphatic carbocycles. The van der Waals surface area contributed by atoms with Gasteiger partial charge in [0.2, 0.25) is 5.91 Å². The van der Waals surface area contributed by atoms with E-state index in [2.05, 4.69) is 10.7 Å². The Morgan fingerprint density at radius 1 is 0.941 bits per heavy atom. The van der Waals surface area contributed by atoms with E-state index in [1.165, 1.54) is 9.91 Å². The number of hydrogen-bond acceptors (Lipinski definition) is 4. The van der Waals surface area contributed by atoms with Crippen molar-refractivity contribution in [2.24, 2.45) is 0 Å². The van der Waals surface area contributed by atoms with Crippen LogP contribution in [0.2, 0.25) is 0 Å². The quantitative estimate of drug-likeness (QED) is 0.513. The topological polar surface area (TPSA) is 81.8 Å². The smallest absolute Gasteiger partial charge is 0.269 e. The maximum absolute atomic E-state index is 13.4. The molecule has 1 saturated heterocycles. The predicted octanol–water partition coefficient (Wildman–Crippen LogP) is 3.67. The van der Waals surface area contributed by atoms with Crippen LogP contribution in [0.25, 0.3) is 0 Å². The lowest BCUT2D eigenvalue weighted by molar-refractivity contribution is -0.131. The number of hydrazine groups is 1. The Kier molecular flexibility index (Phi) is 6.98. The van der Waals surface area contributed by atoms with Crippen molar-refractivity contribution >= 4 is 40.7 Å². The molecule has 0 spiro atoms. The Morgan fingerprint density at radius 2 is 1.62 bits per heavy atom. The molecule has 0 bridgehead atoms. The average molecular weight is 473 g/mol. The van der Waals surface area contributed by atoms with Crippen molar-refractivity contribution < 1.29 is 14.4 Å². The van der Waals surface area contributed by atoms with Gasteiger partial charge in [0.05, 0.1) is 13.0 Å². The fraction of sp³-hybridized carbons (Fsp3) is 0.154. The molecule has 8 heteroatoms. The number of benzene rings is 3. The highest BCUT2D eigenvalue weighted by molar-refractivity contribution is 7.80. The third-order valence-corrected chi connectivity index (χ3v) is 5.84. The zero-order valence-corrected chi connectivity index (χ0v) is 19.4. The molecule has 3 aromatic carbocycles. The lowest BCUT2D eigenvalue weighted by Crippen LogP contribution is -2.49. The molecule has 1 fully saturated rings. The third-order valence-electron chi connectivity index (χ3n) is 5.42. The number of hydrogen-bond donors (Lipinski definition) is 2. The second kappa shape index (κ2) is 10.3. The van der Waals surface area contributed by atoms with E-state index in [-0.39, 0.29) is 29.9 Å². The maximum atomic E-state index is 13.4. The average Bonchev–Trinajstić information content (AvgIpc) is 3.04. The molecular weight excluding hydrogens is 448 g/mol. The Labute approximate surface area is 203 Å². The fourth-order valence-corrected chi connectivity index (χ4v) is 4.07. The molecule has 0 aromatic heterocycles.